The second-order valence-corrected chi connectivity index (χ2v) is 7.87. The van der Waals surface area contributed by atoms with Crippen LogP contribution >= 0.6 is 0 Å². The van der Waals surface area contributed by atoms with Gasteiger partial charge in [0.25, 0.3) is 5.56 Å². The summed E-state index contributed by atoms with van der Waals surface area (Å²) in [5, 5.41) is 24.7. The SMILES string of the molecule is COc1cc([C@H](CC(=O)O)NC(=O)Nc2c(O)c(C)cn(C)c2=O)cc(-c2ccccc2)c1OC. The fourth-order valence-corrected chi connectivity index (χ4v) is 3.75. The van der Waals surface area contributed by atoms with E-state index in [2.05, 4.69) is 10.6 Å². The number of carboxylic acids is 1. The number of benzene rings is 2. The van der Waals surface area contributed by atoms with Gasteiger partial charge in [-0.2, -0.15) is 0 Å². The van der Waals surface area contributed by atoms with E-state index in [4.69, 9.17) is 9.47 Å². The van der Waals surface area contributed by atoms with Gasteiger partial charge in [0.2, 0.25) is 0 Å². The summed E-state index contributed by atoms with van der Waals surface area (Å²) in [7, 11) is 4.44. The first-order valence-electron chi connectivity index (χ1n) is 10.7. The molecule has 2 aromatic carbocycles. The number of amides is 2. The Hall–Kier alpha value is -4.47. The number of carboxylic acid groups (broad SMARTS) is 1. The third-order valence-corrected chi connectivity index (χ3v) is 5.44. The van der Waals surface area contributed by atoms with Crippen LogP contribution in [-0.4, -0.2) is 41.0 Å². The smallest absolute Gasteiger partial charge is 0.319 e. The normalized spacial score (nSPS) is 11.4. The Morgan fingerprint density at radius 1 is 1.11 bits per heavy atom. The first-order chi connectivity index (χ1) is 16.7. The second-order valence-electron chi connectivity index (χ2n) is 7.87. The topological polar surface area (TPSA) is 139 Å². The zero-order valence-corrected chi connectivity index (χ0v) is 19.8. The van der Waals surface area contributed by atoms with Crippen molar-refractivity contribution in [3.8, 4) is 28.4 Å². The Morgan fingerprint density at radius 3 is 2.40 bits per heavy atom. The molecule has 0 radical (unpaired) electrons. The van der Waals surface area contributed by atoms with Gasteiger partial charge in [0, 0.05) is 24.4 Å². The molecule has 10 nitrogen and oxygen atoms in total. The number of nitrogens with zero attached hydrogens (tertiary/aromatic N) is 1. The quantitative estimate of drug-likeness (QED) is 0.387. The predicted molar refractivity (Wildman–Crippen MR) is 130 cm³/mol. The number of hydrogen-bond donors (Lipinski definition) is 4. The van der Waals surface area contributed by atoms with Crippen molar-refractivity contribution in [2.45, 2.75) is 19.4 Å². The number of aromatic nitrogens is 1. The van der Waals surface area contributed by atoms with Crippen molar-refractivity contribution in [2.75, 3.05) is 19.5 Å². The molecule has 35 heavy (non-hydrogen) atoms. The van der Waals surface area contributed by atoms with E-state index in [0.29, 0.717) is 28.2 Å². The molecular formula is C25H27N3O7. The Kier molecular flexibility index (Phi) is 7.65. The van der Waals surface area contributed by atoms with Gasteiger partial charge in [-0.25, -0.2) is 4.79 Å². The first-order valence-corrected chi connectivity index (χ1v) is 10.7. The van der Waals surface area contributed by atoms with E-state index in [1.54, 1.807) is 19.1 Å². The van der Waals surface area contributed by atoms with Crippen LogP contribution < -0.4 is 25.7 Å². The van der Waals surface area contributed by atoms with Crippen LogP contribution in [0.15, 0.2) is 53.5 Å². The molecule has 1 aromatic heterocycles. The number of aliphatic carboxylic acids is 1. The number of hydrogen-bond acceptors (Lipinski definition) is 6. The minimum absolute atomic E-state index is 0.309. The molecule has 0 aliphatic rings. The average molecular weight is 482 g/mol. The molecule has 0 saturated heterocycles. The van der Waals surface area contributed by atoms with Crippen LogP contribution in [0.25, 0.3) is 11.1 Å². The maximum absolute atomic E-state index is 12.8. The summed E-state index contributed by atoms with van der Waals surface area (Å²) >= 11 is 0. The fourth-order valence-electron chi connectivity index (χ4n) is 3.75. The van der Waals surface area contributed by atoms with Gasteiger partial charge < -0.3 is 34.9 Å². The van der Waals surface area contributed by atoms with Crippen molar-refractivity contribution in [1.82, 2.24) is 9.88 Å². The van der Waals surface area contributed by atoms with Crippen LogP contribution in [0.5, 0.6) is 17.2 Å². The lowest BCUT2D eigenvalue weighted by Gasteiger charge is -2.22. The summed E-state index contributed by atoms with van der Waals surface area (Å²) in [6, 6.07) is 10.7. The van der Waals surface area contributed by atoms with E-state index in [-0.39, 0.29) is 11.4 Å². The molecule has 0 saturated carbocycles. The molecule has 0 aliphatic heterocycles. The zero-order valence-electron chi connectivity index (χ0n) is 19.8. The lowest BCUT2D eigenvalue weighted by atomic mass is 9.96. The molecule has 0 unspecified atom stereocenters. The van der Waals surface area contributed by atoms with Gasteiger partial charge in [0.05, 0.1) is 26.7 Å². The van der Waals surface area contributed by atoms with Crippen LogP contribution in [0.3, 0.4) is 0 Å². The van der Waals surface area contributed by atoms with Gasteiger partial charge in [-0.05, 0) is 30.2 Å². The number of rotatable bonds is 8. The summed E-state index contributed by atoms with van der Waals surface area (Å²) < 4.78 is 12.2. The summed E-state index contributed by atoms with van der Waals surface area (Å²) in [5.41, 5.74) is 1.35. The van der Waals surface area contributed by atoms with Gasteiger partial charge in [0.1, 0.15) is 5.75 Å². The van der Waals surface area contributed by atoms with Crippen LogP contribution in [-0.2, 0) is 11.8 Å². The number of ether oxygens (including phenoxy) is 2. The zero-order chi connectivity index (χ0) is 25.7. The number of anilines is 1. The molecule has 1 heterocycles. The minimum atomic E-state index is -1.15. The Morgan fingerprint density at radius 2 is 1.80 bits per heavy atom. The third kappa shape index (κ3) is 5.55. The molecule has 0 spiro atoms. The van der Waals surface area contributed by atoms with Crippen molar-refractivity contribution in [2.24, 2.45) is 7.05 Å². The van der Waals surface area contributed by atoms with Crippen molar-refractivity contribution < 1.29 is 29.3 Å². The highest BCUT2D eigenvalue weighted by atomic mass is 16.5. The molecule has 184 valence electrons. The van der Waals surface area contributed by atoms with Gasteiger partial charge in [0.15, 0.2) is 17.2 Å². The number of carbonyl (C=O) groups excluding carboxylic acids is 1. The average Bonchev–Trinajstić information content (AvgIpc) is 2.84. The number of methoxy groups -OCH3 is 2. The van der Waals surface area contributed by atoms with E-state index in [1.165, 1.54) is 32.0 Å². The Balaban J connectivity index is 2.02. The fraction of sp³-hybridized carbons (Fsp3) is 0.240. The van der Waals surface area contributed by atoms with Crippen molar-refractivity contribution >= 4 is 17.7 Å². The van der Waals surface area contributed by atoms with Gasteiger partial charge in [-0.3, -0.25) is 9.59 Å². The highest BCUT2D eigenvalue weighted by Gasteiger charge is 2.24. The third-order valence-electron chi connectivity index (χ3n) is 5.44. The molecular weight excluding hydrogens is 454 g/mol. The van der Waals surface area contributed by atoms with Crippen LogP contribution in [0, 0.1) is 6.92 Å². The van der Waals surface area contributed by atoms with E-state index in [9.17, 15) is 24.6 Å². The summed E-state index contributed by atoms with van der Waals surface area (Å²) in [6.07, 6.45) is 0.984. The maximum atomic E-state index is 12.8. The number of pyridine rings is 1. The number of nitrogens with one attached hydrogen (secondary N) is 2. The highest BCUT2D eigenvalue weighted by Crippen LogP contribution is 2.41. The molecule has 0 aliphatic carbocycles. The largest absolute Gasteiger partial charge is 0.505 e. The van der Waals surface area contributed by atoms with Gasteiger partial charge in [-0.15, -0.1) is 0 Å². The summed E-state index contributed by atoms with van der Waals surface area (Å²) in [4.78, 5) is 36.8. The molecule has 0 bridgehead atoms. The van der Waals surface area contributed by atoms with Crippen LogP contribution in [0.4, 0.5) is 10.5 Å². The number of aryl methyl sites for hydroxylation is 2. The first kappa shape index (κ1) is 25.2. The minimum Gasteiger partial charge on any atom is -0.505 e. The number of carbonyl (C=O) groups is 2. The molecule has 3 rings (SSSR count). The van der Waals surface area contributed by atoms with Crippen molar-refractivity contribution in [3.63, 3.8) is 0 Å². The molecule has 0 fully saturated rings. The van der Waals surface area contributed by atoms with E-state index in [1.807, 2.05) is 30.3 Å². The predicted octanol–water partition coefficient (Wildman–Crippen LogP) is 3.42. The van der Waals surface area contributed by atoms with Crippen LogP contribution in [0.2, 0.25) is 0 Å². The monoisotopic (exact) mass is 481 g/mol. The lowest BCUT2D eigenvalue weighted by Crippen LogP contribution is -2.36. The van der Waals surface area contributed by atoms with E-state index >= 15 is 0 Å². The molecule has 3 aromatic rings. The van der Waals surface area contributed by atoms with E-state index < -0.39 is 30.0 Å². The van der Waals surface area contributed by atoms with Gasteiger partial charge in [-0.1, -0.05) is 30.3 Å². The second kappa shape index (κ2) is 10.6. The molecule has 2 amide bonds. The van der Waals surface area contributed by atoms with Crippen molar-refractivity contribution in [1.29, 1.82) is 0 Å². The summed E-state index contributed by atoms with van der Waals surface area (Å²) in [5.74, 6) is -0.711. The van der Waals surface area contributed by atoms with Crippen LogP contribution in [0.1, 0.15) is 23.6 Å². The Labute approximate surface area is 201 Å². The molecule has 4 N–H and O–H groups in total. The number of aromatic hydroxyl groups is 1. The summed E-state index contributed by atoms with van der Waals surface area (Å²) in [6.45, 7) is 1.58. The molecule has 10 heteroatoms. The number of urea groups is 1. The lowest BCUT2D eigenvalue weighted by molar-refractivity contribution is -0.137. The van der Waals surface area contributed by atoms with Gasteiger partial charge >= 0.3 is 12.0 Å². The molecule has 1 atom stereocenters. The Bertz CT molecular complexity index is 1300. The van der Waals surface area contributed by atoms with Crippen molar-refractivity contribution in [3.05, 3.63) is 70.1 Å². The van der Waals surface area contributed by atoms with E-state index in [0.717, 1.165) is 5.56 Å². The standard InChI is InChI=1S/C25H27N3O7/c1-14-13-28(2)24(32)21(22(14)31)27-25(33)26-18(12-20(29)30)16-10-17(15-8-6-5-7-9-15)23(35-4)19(11-16)34-3/h5-11,13,18,31H,12H2,1-4H3,(H,29,30)(H2,26,27,33)/t18-/m0/s1. The highest BCUT2D eigenvalue weighted by molar-refractivity contribution is 5.91. The maximum Gasteiger partial charge on any atom is 0.319 e.